The van der Waals surface area contributed by atoms with E-state index in [4.69, 9.17) is 5.73 Å². The zero-order valence-corrected chi connectivity index (χ0v) is 9.74. The first-order valence-electron chi connectivity index (χ1n) is 4.98. The SMILES string of the molecule is N[C@H](c1ccc(Br)c(F)c1)[C@@H](O)C1CC1. The molecule has 1 fully saturated rings. The van der Waals surface area contributed by atoms with E-state index in [9.17, 15) is 9.50 Å². The van der Waals surface area contributed by atoms with Gasteiger partial charge in [0.05, 0.1) is 16.6 Å². The van der Waals surface area contributed by atoms with Crippen LogP contribution in [0.1, 0.15) is 24.4 Å². The van der Waals surface area contributed by atoms with Crippen molar-refractivity contribution in [3.8, 4) is 0 Å². The zero-order valence-electron chi connectivity index (χ0n) is 8.16. The van der Waals surface area contributed by atoms with Gasteiger partial charge in [0.25, 0.3) is 0 Å². The Morgan fingerprint density at radius 3 is 2.67 bits per heavy atom. The summed E-state index contributed by atoms with van der Waals surface area (Å²) in [6.45, 7) is 0. The number of hydrogen-bond acceptors (Lipinski definition) is 2. The number of nitrogens with two attached hydrogens (primary N) is 1. The van der Waals surface area contributed by atoms with E-state index in [-0.39, 0.29) is 5.82 Å². The molecule has 0 bridgehead atoms. The molecule has 2 nitrogen and oxygen atoms in total. The molecule has 82 valence electrons. The van der Waals surface area contributed by atoms with Crippen molar-refractivity contribution in [3.63, 3.8) is 0 Å². The summed E-state index contributed by atoms with van der Waals surface area (Å²) in [4.78, 5) is 0. The zero-order chi connectivity index (χ0) is 11.0. The monoisotopic (exact) mass is 273 g/mol. The van der Waals surface area contributed by atoms with Crippen LogP contribution in [0.2, 0.25) is 0 Å². The van der Waals surface area contributed by atoms with Crippen molar-refractivity contribution in [1.82, 2.24) is 0 Å². The van der Waals surface area contributed by atoms with Crippen LogP contribution in [0.5, 0.6) is 0 Å². The Hall–Kier alpha value is -0.450. The van der Waals surface area contributed by atoms with Gasteiger partial charge in [-0.25, -0.2) is 4.39 Å². The van der Waals surface area contributed by atoms with E-state index in [0.717, 1.165) is 12.8 Å². The van der Waals surface area contributed by atoms with E-state index in [1.807, 2.05) is 0 Å². The van der Waals surface area contributed by atoms with Gasteiger partial charge >= 0.3 is 0 Å². The summed E-state index contributed by atoms with van der Waals surface area (Å²) < 4.78 is 13.7. The topological polar surface area (TPSA) is 46.2 Å². The van der Waals surface area contributed by atoms with E-state index < -0.39 is 12.1 Å². The lowest BCUT2D eigenvalue weighted by molar-refractivity contribution is 0.122. The van der Waals surface area contributed by atoms with Gasteiger partial charge in [-0.15, -0.1) is 0 Å². The second kappa shape index (κ2) is 4.20. The van der Waals surface area contributed by atoms with Crippen molar-refractivity contribution in [2.24, 2.45) is 11.7 Å². The van der Waals surface area contributed by atoms with Crippen LogP contribution in [-0.4, -0.2) is 11.2 Å². The fourth-order valence-electron chi connectivity index (χ4n) is 1.65. The Kier molecular flexibility index (Phi) is 3.09. The van der Waals surface area contributed by atoms with Crippen molar-refractivity contribution in [3.05, 3.63) is 34.1 Å². The highest BCUT2D eigenvalue weighted by Crippen LogP contribution is 2.37. The Morgan fingerprint density at radius 1 is 1.47 bits per heavy atom. The Bertz CT molecular complexity index is 368. The van der Waals surface area contributed by atoms with Crippen molar-refractivity contribution >= 4 is 15.9 Å². The Labute approximate surface area is 96.4 Å². The van der Waals surface area contributed by atoms with E-state index in [0.29, 0.717) is 16.0 Å². The number of aliphatic hydroxyl groups is 1. The van der Waals surface area contributed by atoms with Crippen LogP contribution in [0.4, 0.5) is 4.39 Å². The molecule has 2 rings (SSSR count). The molecule has 0 spiro atoms. The third-order valence-electron chi connectivity index (χ3n) is 2.80. The van der Waals surface area contributed by atoms with E-state index in [1.54, 1.807) is 12.1 Å². The standard InChI is InChI=1S/C11H13BrFNO/c12-8-4-3-7(5-9(8)13)10(14)11(15)6-1-2-6/h3-6,10-11,15H,1-2,14H2/t10-,11+/m1/s1. The van der Waals surface area contributed by atoms with Gasteiger partial charge in [0.1, 0.15) is 5.82 Å². The van der Waals surface area contributed by atoms with Crippen LogP contribution >= 0.6 is 15.9 Å². The fourth-order valence-corrected chi connectivity index (χ4v) is 1.89. The molecule has 1 aliphatic rings. The van der Waals surface area contributed by atoms with Crippen molar-refractivity contribution < 1.29 is 9.50 Å². The highest BCUT2D eigenvalue weighted by Gasteiger charge is 2.34. The van der Waals surface area contributed by atoms with E-state index in [2.05, 4.69) is 15.9 Å². The van der Waals surface area contributed by atoms with Crippen LogP contribution in [0.15, 0.2) is 22.7 Å². The smallest absolute Gasteiger partial charge is 0.137 e. The van der Waals surface area contributed by atoms with E-state index in [1.165, 1.54) is 6.07 Å². The average molecular weight is 274 g/mol. The van der Waals surface area contributed by atoms with Gasteiger partial charge in [-0.3, -0.25) is 0 Å². The predicted molar refractivity (Wildman–Crippen MR) is 59.8 cm³/mol. The molecule has 0 saturated heterocycles. The van der Waals surface area contributed by atoms with Gasteiger partial charge < -0.3 is 10.8 Å². The van der Waals surface area contributed by atoms with Crippen molar-refractivity contribution in [1.29, 1.82) is 0 Å². The maximum Gasteiger partial charge on any atom is 0.137 e. The molecular weight excluding hydrogens is 261 g/mol. The van der Waals surface area contributed by atoms with Crippen LogP contribution in [0.3, 0.4) is 0 Å². The lowest BCUT2D eigenvalue weighted by Gasteiger charge is -2.18. The van der Waals surface area contributed by atoms with Crippen LogP contribution in [0, 0.1) is 11.7 Å². The number of aliphatic hydroxyl groups excluding tert-OH is 1. The first-order chi connectivity index (χ1) is 7.09. The lowest BCUT2D eigenvalue weighted by atomic mass is 9.99. The van der Waals surface area contributed by atoms with Gasteiger partial charge in [-0.05, 0) is 52.4 Å². The quantitative estimate of drug-likeness (QED) is 0.888. The normalized spacial score (nSPS) is 20.0. The van der Waals surface area contributed by atoms with Gasteiger partial charge in [0, 0.05) is 0 Å². The summed E-state index contributed by atoms with van der Waals surface area (Å²) in [6.07, 6.45) is 1.49. The summed E-state index contributed by atoms with van der Waals surface area (Å²) in [6, 6.07) is 4.24. The highest BCUT2D eigenvalue weighted by atomic mass is 79.9. The van der Waals surface area contributed by atoms with Crippen LogP contribution < -0.4 is 5.73 Å². The highest BCUT2D eigenvalue weighted by molar-refractivity contribution is 9.10. The molecule has 0 heterocycles. The molecule has 3 N–H and O–H groups in total. The van der Waals surface area contributed by atoms with Crippen LogP contribution in [-0.2, 0) is 0 Å². The van der Waals surface area contributed by atoms with Crippen molar-refractivity contribution in [2.45, 2.75) is 25.0 Å². The first kappa shape index (κ1) is 11.0. The molecule has 1 aliphatic carbocycles. The molecule has 1 aromatic carbocycles. The number of rotatable bonds is 3. The van der Waals surface area contributed by atoms with Gasteiger partial charge in [0.2, 0.25) is 0 Å². The molecule has 2 atom stereocenters. The lowest BCUT2D eigenvalue weighted by Crippen LogP contribution is -2.27. The van der Waals surface area contributed by atoms with Crippen molar-refractivity contribution in [2.75, 3.05) is 0 Å². The maximum atomic E-state index is 13.2. The Morgan fingerprint density at radius 2 is 2.13 bits per heavy atom. The summed E-state index contributed by atoms with van der Waals surface area (Å²) >= 11 is 3.08. The molecule has 1 aromatic rings. The summed E-state index contributed by atoms with van der Waals surface area (Å²) in [5.41, 5.74) is 6.51. The Balaban J connectivity index is 2.17. The predicted octanol–water partition coefficient (Wildman–Crippen LogP) is 2.36. The third-order valence-corrected chi connectivity index (χ3v) is 3.44. The molecule has 0 aromatic heterocycles. The first-order valence-corrected chi connectivity index (χ1v) is 5.77. The second-order valence-electron chi connectivity index (χ2n) is 4.03. The summed E-state index contributed by atoms with van der Waals surface area (Å²) in [7, 11) is 0. The molecule has 15 heavy (non-hydrogen) atoms. The average Bonchev–Trinajstić information content (AvgIpc) is 3.03. The minimum absolute atomic E-state index is 0.298. The van der Waals surface area contributed by atoms with E-state index >= 15 is 0 Å². The molecule has 0 radical (unpaired) electrons. The molecule has 0 unspecified atom stereocenters. The minimum atomic E-state index is -0.550. The second-order valence-corrected chi connectivity index (χ2v) is 4.88. The molecule has 0 aliphatic heterocycles. The minimum Gasteiger partial charge on any atom is -0.391 e. The number of hydrogen-bond donors (Lipinski definition) is 2. The summed E-state index contributed by atoms with van der Waals surface area (Å²) in [5, 5.41) is 9.81. The van der Waals surface area contributed by atoms with Gasteiger partial charge in [-0.1, -0.05) is 6.07 Å². The third kappa shape index (κ3) is 2.38. The van der Waals surface area contributed by atoms with Crippen LogP contribution in [0.25, 0.3) is 0 Å². The molecular formula is C11H13BrFNO. The number of halogens is 2. The fraction of sp³-hybridized carbons (Fsp3) is 0.455. The largest absolute Gasteiger partial charge is 0.391 e. The van der Waals surface area contributed by atoms with Gasteiger partial charge in [0.15, 0.2) is 0 Å². The number of benzene rings is 1. The summed E-state index contributed by atoms with van der Waals surface area (Å²) in [5.74, 6) is -0.0438. The van der Waals surface area contributed by atoms with Gasteiger partial charge in [-0.2, -0.15) is 0 Å². The molecule has 1 saturated carbocycles. The molecule has 4 heteroatoms. The molecule has 0 amide bonds. The maximum absolute atomic E-state index is 13.2.